The number of halogens is 3. The number of aromatic nitrogens is 1. The molecule has 2 aromatic carbocycles. The fourth-order valence-electron chi connectivity index (χ4n) is 2.82. The minimum atomic E-state index is -4.56. The molecule has 7 nitrogen and oxygen atoms in total. The monoisotopic (exact) mass is 474 g/mol. The summed E-state index contributed by atoms with van der Waals surface area (Å²) in [4.78, 5) is 13.3. The molecule has 0 amide bonds. The number of thiazole rings is 1. The van der Waals surface area contributed by atoms with Crippen LogP contribution in [-0.2, 0) is 29.2 Å². The molecule has 0 aliphatic heterocycles. The lowest BCUT2D eigenvalue weighted by molar-refractivity contribution is -0.137. The number of alkyl halides is 3. The van der Waals surface area contributed by atoms with Crippen LogP contribution in [-0.4, -0.2) is 25.6 Å². The normalized spacial score (nSPS) is 12.1. The number of nitrogens with one attached hydrogen (secondary N) is 2. The highest BCUT2D eigenvalue weighted by Crippen LogP contribution is 2.30. The first-order chi connectivity index (χ1) is 14.5. The number of methoxy groups -OCH3 is 1. The zero-order chi connectivity index (χ0) is 22.8. The summed E-state index contributed by atoms with van der Waals surface area (Å²) in [5.41, 5.74) is 0.212. The minimum absolute atomic E-state index is 0.185. The van der Waals surface area contributed by atoms with Gasteiger partial charge in [0.05, 0.1) is 22.4 Å². The van der Waals surface area contributed by atoms with Gasteiger partial charge in [-0.05, 0) is 35.9 Å². The van der Waals surface area contributed by atoms with Crippen LogP contribution in [0.15, 0.2) is 52.2 Å². The lowest BCUT2D eigenvalue weighted by Crippen LogP contribution is -2.23. The van der Waals surface area contributed by atoms with Crippen LogP contribution in [0, 0.1) is 0 Å². The summed E-state index contributed by atoms with van der Waals surface area (Å²) >= 11 is 0.859. The highest BCUT2D eigenvalue weighted by Gasteiger charge is 2.30. The van der Waals surface area contributed by atoms with Crippen molar-refractivity contribution in [2.45, 2.75) is 24.0 Å². The van der Waals surface area contributed by atoms with Crippen LogP contribution in [0.1, 0.15) is 21.6 Å². The van der Waals surface area contributed by atoms with Gasteiger partial charge in [0.15, 0.2) is 0 Å². The Balaban J connectivity index is 1.79. The van der Waals surface area contributed by atoms with Crippen LogP contribution in [0.3, 0.4) is 0 Å². The van der Waals surface area contributed by atoms with E-state index < -0.39 is 26.6 Å². The van der Waals surface area contributed by atoms with Gasteiger partial charge in [-0.3, -0.25) is 9.78 Å². The summed E-state index contributed by atoms with van der Waals surface area (Å²) in [6.07, 6.45) is -4.33. The van der Waals surface area contributed by atoms with E-state index in [4.69, 9.17) is 4.74 Å². The molecule has 0 aliphatic rings. The second-order valence-corrected chi connectivity index (χ2v) is 9.29. The number of hydrogen-bond acceptors (Lipinski definition) is 6. The third-order valence-electron chi connectivity index (χ3n) is 4.35. The van der Waals surface area contributed by atoms with Crippen LogP contribution in [0.4, 0.5) is 13.2 Å². The van der Waals surface area contributed by atoms with Crippen LogP contribution in [0.2, 0.25) is 0 Å². The number of benzene rings is 2. The second kappa shape index (κ2) is 8.73. The Morgan fingerprint density at radius 3 is 2.39 bits per heavy atom. The zero-order valence-corrected chi connectivity index (χ0v) is 17.6. The van der Waals surface area contributed by atoms with Crippen LogP contribution < -0.4 is 14.3 Å². The Hall–Kier alpha value is -2.83. The van der Waals surface area contributed by atoms with Gasteiger partial charge in [0.1, 0.15) is 5.75 Å². The molecule has 0 spiro atoms. The standard InChI is InChI=1S/C19H17F3N2O5S2/c1-29-15-7-2-11(9-16-17(25)24-18(26)30-16)8-12(15)10-23-31(27,28)14-5-3-13(4-6-14)19(20,21)22/h2-8,23,25H,9-10H2,1H3,(H,24,26). The Bertz CT molecular complexity index is 1230. The van der Waals surface area contributed by atoms with E-state index in [0.29, 0.717) is 33.9 Å². The van der Waals surface area contributed by atoms with Crippen molar-refractivity contribution in [2.75, 3.05) is 7.11 Å². The Morgan fingerprint density at radius 2 is 1.84 bits per heavy atom. The lowest BCUT2D eigenvalue weighted by atomic mass is 10.1. The smallest absolute Gasteiger partial charge is 0.416 e. The molecule has 0 unspecified atom stereocenters. The van der Waals surface area contributed by atoms with Crippen molar-refractivity contribution in [1.82, 2.24) is 9.71 Å². The molecule has 0 atom stereocenters. The van der Waals surface area contributed by atoms with Gasteiger partial charge in [-0.15, -0.1) is 0 Å². The Kier molecular flexibility index (Phi) is 6.43. The summed E-state index contributed by atoms with van der Waals surface area (Å²) in [5, 5.41) is 9.74. The highest BCUT2D eigenvalue weighted by molar-refractivity contribution is 7.89. The number of aromatic hydroxyl groups is 1. The molecule has 166 valence electrons. The van der Waals surface area contributed by atoms with E-state index in [1.807, 2.05) is 0 Å². The van der Waals surface area contributed by atoms with Gasteiger partial charge in [0, 0.05) is 18.5 Å². The fourth-order valence-corrected chi connectivity index (χ4v) is 4.58. The van der Waals surface area contributed by atoms with Gasteiger partial charge in [0.2, 0.25) is 15.9 Å². The van der Waals surface area contributed by atoms with Gasteiger partial charge in [-0.2, -0.15) is 13.2 Å². The van der Waals surface area contributed by atoms with E-state index in [1.54, 1.807) is 18.2 Å². The van der Waals surface area contributed by atoms with Gasteiger partial charge >= 0.3 is 11.0 Å². The molecule has 3 N–H and O–H groups in total. The van der Waals surface area contributed by atoms with Crippen LogP contribution in [0.5, 0.6) is 11.6 Å². The van der Waals surface area contributed by atoms with Gasteiger partial charge in [-0.25, -0.2) is 13.1 Å². The van der Waals surface area contributed by atoms with E-state index in [1.165, 1.54) is 7.11 Å². The Labute approximate surface area is 179 Å². The van der Waals surface area contributed by atoms with Crippen molar-refractivity contribution in [3.8, 4) is 11.6 Å². The van der Waals surface area contributed by atoms with E-state index in [-0.39, 0.29) is 23.7 Å². The van der Waals surface area contributed by atoms with Gasteiger partial charge in [0.25, 0.3) is 0 Å². The lowest BCUT2D eigenvalue weighted by Gasteiger charge is -2.13. The number of aromatic amines is 1. The highest BCUT2D eigenvalue weighted by atomic mass is 32.2. The third-order valence-corrected chi connectivity index (χ3v) is 6.64. The number of H-pyrrole nitrogens is 1. The Morgan fingerprint density at radius 1 is 1.16 bits per heavy atom. The molecular formula is C19H17F3N2O5S2. The maximum absolute atomic E-state index is 12.7. The number of hydrogen-bond donors (Lipinski definition) is 3. The third kappa shape index (κ3) is 5.46. The summed E-state index contributed by atoms with van der Waals surface area (Å²) in [5.74, 6) is 0.167. The number of sulfonamides is 1. The van der Waals surface area contributed by atoms with Crippen molar-refractivity contribution in [3.63, 3.8) is 0 Å². The molecule has 0 saturated carbocycles. The maximum Gasteiger partial charge on any atom is 0.416 e. The molecule has 0 bridgehead atoms. The minimum Gasteiger partial charge on any atom is -0.496 e. The molecule has 0 fully saturated rings. The van der Waals surface area contributed by atoms with Crippen molar-refractivity contribution in [1.29, 1.82) is 0 Å². The quantitative estimate of drug-likeness (QED) is 0.487. The average Bonchev–Trinajstić information content (AvgIpc) is 3.02. The van der Waals surface area contributed by atoms with E-state index in [2.05, 4.69) is 9.71 Å². The predicted octanol–water partition coefficient (Wildman–Crippen LogP) is 3.24. The first kappa shape index (κ1) is 22.8. The molecule has 12 heteroatoms. The summed E-state index contributed by atoms with van der Waals surface area (Å²) in [6.45, 7) is -0.185. The summed E-state index contributed by atoms with van der Waals surface area (Å²) < 4.78 is 70.6. The van der Waals surface area contributed by atoms with Crippen LogP contribution >= 0.6 is 11.3 Å². The van der Waals surface area contributed by atoms with Crippen molar-refractivity contribution >= 4 is 21.4 Å². The molecule has 0 radical (unpaired) electrons. The van der Waals surface area contributed by atoms with Crippen molar-refractivity contribution in [3.05, 3.63) is 73.7 Å². The van der Waals surface area contributed by atoms with Crippen molar-refractivity contribution < 1.29 is 31.4 Å². The predicted molar refractivity (Wildman–Crippen MR) is 108 cm³/mol. The molecule has 3 aromatic rings. The second-order valence-electron chi connectivity index (χ2n) is 6.46. The topological polar surface area (TPSA) is 108 Å². The van der Waals surface area contributed by atoms with Gasteiger partial charge < -0.3 is 9.84 Å². The molecule has 31 heavy (non-hydrogen) atoms. The SMILES string of the molecule is COc1ccc(Cc2sc(=O)[nH]c2O)cc1CNS(=O)(=O)c1ccc(C(F)(F)F)cc1. The molecule has 1 heterocycles. The first-order valence-electron chi connectivity index (χ1n) is 8.73. The number of ether oxygens (including phenoxy) is 1. The van der Waals surface area contributed by atoms with E-state index in [9.17, 15) is 31.5 Å². The van der Waals surface area contributed by atoms with E-state index >= 15 is 0 Å². The molecule has 1 aromatic heterocycles. The van der Waals surface area contributed by atoms with Gasteiger partial charge in [-0.1, -0.05) is 23.5 Å². The van der Waals surface area contributed by atoms with Crippen LogP contribution in [0.25, 0.3) is 0 Å². The first-order valence-corrected chi connectivity index (χ1v) is 11.0. The number of rotatable bonds is 7. The zero-order valence-electron chi connectivity index (χ0n) is 16.0. The van der Waals surface area contributed by atoms with E-state index in [0.717, 1.165) is 23.5 Å². The molecule has 3 rings (SSSR count). The average molecular weight is 474 g/mol. The fraction of sp³-hybridized carbons (Fsp3) is 0.211. The largest absolute Gasteiger partial charge is 0.496 e. The van der Waals surface area contributed by atoms with Crippen molar-refractivity contribution in [2.24, 2.45) is 0 Å². The molecule has 0 saturated heterocycles. The summed E-state index contributed by atoms with van der Waals surface area (Å²) in [7, 11) is -2.67. The summed E-state index contributed by atoms with van der Waals surface area (Å²) in [6, 6.07) is 8.14. The molecule has 0 aliphatic carbocycles. The maximum atomic E-state index is 12.7. The molecular weight excluding hydrogens is 457 g/mol.